The molecule has 0 aliphatic carbocycles. The van der Waals surface area contributed by atoms with Crippen molar-refractivity contribution >= 4 is 28.8 Å². The Bertz CT molecular complexity index is 929. The summed E-state index contributed by atoms with van der Waals surface area (Å²) in [5.41, 5.74) is 1.34. The first-order valence-corrected chi connectivity index (χ1v) is 7.89. The molecule has 25 heavy (non-hydrogen) atoms. The third-order valence-corrected chi connectivity index (χ3v) is 4.29. The van der Waals surface area contributed by atoms with Gasteiger partial charge in [0.2, 0.25) is 11.8 Å². The summed E-state index contributed by atoms with van der Waals surface area (Å²) in [6.45, 7) is 3.52. The van der Waals surface area contributed by atoms with Crippen LogP contribution in [-0.2, 0) is 4.79 Å². The van der Waals surface area contributed by atoms with Gasteiger partial charge in [0, 0.05) is 25.0 Å². The van der Waals surface area contributed by atoms with E-state index in [-0.39, 0.29) is 30.6 Å². The molecule has 2 aromatic rings. The summed E-state index contributed by atoms with van der Waals surface area (Å²) in [4.78, 5) is 30.4. The van der Waals surface area contributed by atoms with E-state index in [4.69, 9.17) is 5.41 Å². The lowest BCUT2D eigenvalue weighted by Crippen LogP contribution is -2.60. The van der Waals surface area contributed by atoms with Crippen LogP contribution in [0, 0.1) is 17.3 Å². The zero-order chi connectivity index (χ0) is 18.2. The topological polar surface area (TPSA) is 91.1 Å². The fraction of sp³-hybridized carbons (Fsp3) is 0.333. The van der Waals surface area contributed by atoms with Crippen LogP contribution in [0.4, 0.5) is 0 Å². The third kappa shape index (κ3) is 3.11. The largest absolute Gasteiger partial charge is 0.350 e. The van der Waals surface area contributed by atoms with E-state index in [2.05, 4.69) is 22.1 Å². The Labute approximate surface area is 145 Å². The molecule has 7 nitrogen and oxygen atoms in total. The maximum atomic E-state index is 12.8. The molecule has 1 saturated heterocycles. The van der Waals surface area contributed by atoms with Crippen molar-refractivity contribution in [2.24, 2.45) is 0 Å². The molecule has 1 atom stereocenters. The van der Waals surface area contributed by atoms with E-state index >= 15 is 0 Å². The van der Waals surface area contributed by atoms with Crippen molar-refractivity contribution in [3.8, 4) is 11.8 Å². The molecule has 0 unspecified atom stereocenters. The molecule has 1 amide bonds. The highest BCUT2D eigenvalue weighted by molar-refractivity contribution is 6.00. The van der Waals surface area contributed by atoms with Gasteiger partial charge in [0.25, 0.3) is 0 Å². The van der Waals surface area contributed by atoms with Crippen molar-refractivity contribution in [1.82, 2.24) is 19.8 Å². The zero-order valence-corrected chi connectivity index (χ0v) is 14.4. The van der Waals surface area contributed by atoms with Gasteiger partial charge in [0.05, 0.1) is 29.4 Å². The second kappa shape index (κ2) is 6.06. The van der Waals surface area contributed by atoms with Gasteiger partial charge in [-0.05, 0) is 26.0 Å². The molecule has 2 N–H and O–H groups in total. The van der Waals surface area contributed by atoms with Gasteiger partial charge in [-0.25, -0.2) is 0 Å². The summed E-state index contributed by atoms with van der Waals surface area (Å²) in [7, 11) is 1.54. The van der Waals surface area contributed by atoms with Gasteiger partial charge in [-0.1, -0.05) is 5.92 Å². The van der Waals surface area contributed by atoms with Crippen molar-refractivity contribution < 1.29 is 9.59 Å². The molecule has 0 spiro atoms. The van der Waals surface area contributed by atoms with Gasteiger partial charge in [-0.2, -0.15) is 0 Å². The number of guanidine groups is 1. The van der Waals surface area contributed by atoms with Crippen LogP contribution >= 0.6 is 0 Å². The minimum absolute atomic E-state index is 0.00564. The molecule has 0 aromatic carbocycles. The molecule has 0 radical (unpaired) electrons. The fourth-order valence-corrected chi connectivity index (χ4v) is 2.96. The van der Waals surface area contributed by atoms with Crippen LogP contribution in [0.25, 0.3) is 11.0 Å². The average Bonchev–Trinajstić information content (AvgIpc) is 2.96. The van der Waals surface area contributed by atoms with Crippen LogP contribution in [0.5, 0.6) is 0 Å². The monoisotopic (exact) mass is 337 g/mol. The van der Waals surface area contributed by atoms with Crippen molar-refractivity contribution in [3.05, 3.63) is 30.1 Å². The number of fused-ring (bicyclic) bond motifs is 1. The highest BCUT2D eigenvalue weighted by Gasteiger charge is 2.38. The number of rotatable bonds is 2. The Balaban J connectivity index is 1.89. The highest BCUT2D eigenvalue weighted by atomic mass is 16.2. The maximum Gasteiger partial charge on any atom is 0.233 e. The fourth-order valence-electron chi connectivity index (χ4n) is 2.96. The average molecular weight is 337 g/mol. The van der Waals surface area contributed by atoms with Gasteiger partial charge in [-0.15, -0.1) is 5.92 Å². The molecule has 1 fully saturated rings. The molecular formula is C18H19N5O2. The van der Waals surface area contributed by atoms with Crippen molar-refractivity contribution in [3.63, 3.8) is 0 Å². The Morgan fingerprint density at radius 2 is 2.28 bits per heavy atom. The van der Waals surface area contributed by atoms with Crippen molar-refractivity contribution in [2.75, 3.05) is 7.05 Å². The normalized spacial score (nSPS) is 20.2. The van der Waals surface area contributed by atoms with Crippen LogP contribution in [0.1, 0.15) is 37.0 Å². The maximum absolute atomic E-state index is 12.8. The smallest absolute Gasteiger partial charge is 0.233 e. The Morgan fingerprint density at radius 1 is 1.52 bits per heavy atom. The Hall–Kier alpha value is -3.14. The number of nitrogens with one attached hydrogen (secondary N) is 2. The standard InChI is InChI=1S/C18H19N5O2/c1-4-5-12-8-14-13(20-11-12)6-7-23(14)16(25)10-18(2)9-15(24)22(3)17(19)21-18/h6-8,11H,9-10H2,1-3H3,(H2,19,21)/t18-/m0/s1. The summed E-state index contributed by atoms with van der Waals surface area (Å²) in [6, 6.07) is 3.60. The van der Waals surface area contributed by atoms with E-state index in [0.29, 0.717) is 11.0 Å². The van der Waals surface area contributed by atoms with E-state index in [1.165, 1.54) is 9.47 Å². The van der Waals surface area contributed by atoms with Gasteiger partial charge in [0.1, 0.15) is 0 Å². The van der Waals surface area contributed by atoms with Crippen LogP contribution in [0.3, 0.4) is 0 Å². The highest BCUT2D eigenvalue weighted by Crippen LogP contribution is 2.23. The van der Waals surface area contributed by atoms with Crippen molar-refractivity contribution in [2.45, 2.75) is 32.2 Å². The Kier molecular flexibility index (Phi) is 4.05. The number of aromatic nitrogens is 2. The molecule has 3 heterocycles. The van der Waals surface area contributed by atoms with Gasteiger partial charge >= 0.3 is 0 Å². The minimum Gasteiger partial charge on any atom is -0.350 e. The van der Waals surface area contributed by atoms with E-state index in [1.807, 2.05) is 6.07 Å². The van der Waals surface area contributed by atoms with E-state index in [9.17, 15) is 9.59 Å². The molecule has 1 aliphatic rings. The van der Waals surface area contributed by atoms with Crippen LogP contribution < -0.4 is 5.32 Å². The molecule has 7 heteroatoms. The third-order valence-electron chi connectivity index (χ3n) is 4.29. The number of nitrogens with zero attached hydrogens (tertiary/aromatic N) is 3. The quantitative estimate of drug-likeness (QED) is 0.814. The molecule has 1 aliphatic heterocycles. The molecule has 2 aromatic heterocycles. The van der Waals surface area contributed by atoms with Gasteiger partial charge < -0.3 is 5.32 Å². The van der Waals surface area contributed by atoms with Crippen LogP contribution in [0.2, 0.25) is 0 Å². The first-order chi connectivity index (χ1) is 11.8. The number of carbonyl (C=O) groups excluding carboxylic acids is 2. The summed E-state index contributed by atoms with van der Waals surface area (Å²) in [5, 5.41) is 10.8. The molecule has 0 saturated carbocycles. The van der Waals surface area contributed by atoms with E-state index < -0.39 is 5.54 Å². The Morgan fingerprint density at radius 3 is 2.96 bits per heavy atom. The summed E-state index contributed by atoms with van der Waals surface area (Å²) < 4.78 is 1.53. The summed E-state index contributed by atoms with van der Waals surface area (Å²) in [6.07, 6.45) is 3.59. The van der Waals surface area contributed by atoms with Crippen LogP contribution in [0.15, 0.2) is 24.5 Å². The number of carbonyl (C=O) groups is 2. The molecule has 0 bridgehead atoms. The number of hydrogen-bond acceptors (Lipinski definition) is 4. The van der Waals surface area contributed by atoms with E-state index in [1.54, 1.807) is 39.4 Å². The minimum atomic E-state index is -0.789. The zero-order valence-electron chi connectivity index (χ0n) is 14.4. The predicted molar refractivity (Wildman–Crippen MR) is 94.2 cm³/mol. The van der Waals surface area contributed by atoms with Gasteiger partial charge in [0.15, 0.2) is 5.96 Å². The van der Waals surface area contributed by atoms with Gasteiger partial charge in [-0.3, -0.25) is 29.4 Å². The van der Waals surface area contributed by atoms with E-state index in [0.717, 1.165) is 5.56 Å². The lowest BCUT2D eigenvalue weighted by atomic mass is 9.90. The summed E-state index contributed by atoms with van der Waals surface area (Å²) >= 11 is 0. The van der Waals surface area contributed by atoms with Crippen LogP contribution in [-0.4, -0.2) is 44.8 Å². The number of hydrogen-bond donors (Lipinski definition) is 2. The molecule has 128 valence electrons. The first-order valence-electron chi connectivity index (χ1n) is 7.89. The molecule has 3 rings (SSSR count). The first kappa shape index (κ1) is 16.7. The molecular weight excluding hydrogens is 318 g/mol. The predicted octanol–water partition coefficient (Wildman–Crippen LogP) is 1.58. The lowest BCUT2D eigenvalue weighted by molar-refractivity contribution is -0.129. The lowest BCUT2D eigenvalue weighted by Gasteiger charge is -2.38. The second-order valence-corrected chi connectivity index (χ2v) is 6.42. The summed E-state index contributed by atoms with van der Waals surface area (Å²) in [5.74, 6) is 5.40. The number of pyridine rings is 1. The SMILES string of the molecule is CC#Cc1cnc2ccn(C(=O)C[C@]3(C)CC(=O)N(C)C(=N)N3)c2c1. The number of amides is 1. The second-order valence-electron chi connectivity index (χ2n) is 6.42. The van der Waals surface area contributed by atoms with Crippen molar-refractivity contribution in [1.29, 1.82) is 5.41 Å².